The van der Waals surface area contributed by atoms with Gasteiger partial charge >= 0.3 is 0 Å². The van der Waals surface area contributed by atoms with E-state index < -0.39 is 16.1 Å². The number of nitrogens with one attached hydrogen (secondary N) is 1. The van der Waals surface area contributed by atoms with Crippen molar-refractivity contribution in [2.75, 3.05) is 18.9 Å². The van der Waals surface area contributed by atoms with Crippen LogP contribution in [0.4, 0.5) is 5.69 Å². The minimum Gasteiger partial charge on any atom is -0.364 e. The van der Waals surface area contributed by atoms with Gasteiger partial charge in [-0.1, -0.05) is 25.3 Å². The third-order valence-electron chi connectivity index (χ3n) is 5.53. The first-order chi connectivity index (χ1) is 12.9. The number of hydrogen-bond acceptors (Lipinski definition) is 5. The van der Waals surface area contributed by atoms with Crippen LogP contribution in [0.15, 0.2) is 29.2 Å². The van der Waals surface area contributed by atoms with Gasteiger partial charge in [0.1, 0.15) is 6.10 Å². The summed E-state index contributed by atoms with van der Waals surface area (Å²) >= 11 is 0. The van der Waals surface area contributed by atoms with Gasteiger partial charge in [-0.2, -0.15) is 4.31 Å². The average Bonchev–Trinajstić information content (AvgIpc) is 3.18. The smallest absolute Gasteiger partial charge is 0.253 e. The molecule has 1 heterocycles. The lowest BCUT2D eigenvalue weighted by Gasteiger charge is -2.30. The summed E-state index contributed by atoms with van der Waals surface area (Å²) in [4.78, 5) is 12.6. The fourth-order valence-corrected chi connectivity index (χ4v) is 5.30. The van der Waals surface area contributed by atoms with E-state index in [1.54, 1.807) is 25.2 Å². The molecule has 1 aromatic rings. The Labute approximate surface area is 161 Å². The van der Waals surface area contributed by atoms with Crippen molar-refractivity contribution >= 4 is 21.6 Å². The number of anilines is 1. The van der Waals surface area contributed by atoms with Gasteiger partial charge in [0.05, 0.1) is 11.0 Å². The van der Waals surface area contributed by atoms with Crippen molar-refractivity contribution in [3.8, 4) is 0 Å². The number of sulfonamides is 1. The van der Waals surface area contributed by atoms with Crippen LogP contribution in [0.2, 0.25) is 0 Å². The highest BCUT2D eigenvalue weighted by molar-refractivity contribution is 7.89. The van der Waals surface area contributed by atoms with Crippen LogP contribution in [0.3, 0.4) is 0 Å². The Balaban J connectivity index is 1.70. The number of nitrogens with two attached hydrogens (primary N) is 1. The molecule has 2 atom stereocenters. The molecular weight excluding hydrogens is 366 g/mol. The zero-order valence-electron chi connectivity index (χ0n) is 15.8. The predicted molar refractivity (Wildman–Crippen MR) is 104 cm³/mol. The van der Waals surface area contributed by atoms with E-state index in [0.717, 1.165) is 32.1 Å². The quantitative estimate of drug-likeness (QED) is 0.768. The van der Waals surface area contributed by atoms with E-state index in [9.17, 15) is 13.2 Å². The highest BCUT2D eigenvalue weighted by Gasteiger charge is 2.31. The van der Waals surface area contributed by atoms with Crippen LogP contribution < -0.4 is 11.1 Å². The number of carbonyl (C=O) groups excluding carboxylic acids is 1. The Bertz CT molecular complexity index is 762. The molecule has 0 unspecified atom stereocenters. The molecule has 0 aromatic heterocycles. The van der Waals surface area contributed by atoms with Crippen LogP contribution in [0.5, 0.6) is 0 Å². The van der Waals surface area contributed by atoms with E-state index in [-0.39, 0.29) is 22.9 Å². The maximum Gasteiger partial charge on any atom is 0.253 e. The van der Waals surface area contributed by atoms with Gasteiger partial charge in [0.25, 0.3) is 5.91 Å². The van der Waals surface area contributed by atoms with Gasteiger partial charge in [-0.05, 0) is 43.9 Å². The Morgan fingerprint density at radius 1 is 1.22 bits per heavy atom. The maximum atomic E-state index is 13.0. The van der Waals surface area contributed by atoms with Crippen molar-refractivity contribution in [3.63, 3.8) is 0 Å². The SMILES string of the molecule is CN(C1CCCCC1)S(=O)(=O)c1cccc(NC(=O)[C@@H]2CC[C@H](CN)O2)c1. The van der Waals surface area contributed by atoms with Crippen LogP contribution >= 0.6 is 0 Å². The van der Waals surface area contributed by atoms with Crippen LogP contribution in [-0.2, 0) is 19.6 Å². The molecule has 3 N–H and O–H groups in total. The highest BCUT2D eigenvalue weighted by atomic mass is 32.2. The zero-order chi connectivity index (χ0) is 19.4. The summed E-state index contributed by atoms with van der Waals surface area (Å²) in [7, 11) is -1.95. The molecular formula is C19H29N3O4S. The first-order valence-corrected chi connectivity index (χ1v) is 11.1. The second kappa shape index (κ2) is 8.68. The second-order valence-electron chi connectivity index (χ2n) is 7.39. The summed E-state index contributed by atoms with van der Waals surface area (Å²) < 4.78 is 33.0. The number of hydrogen-bond donors (Lipinski definition) is 2. The van der Waals surface area contributed by atoms with Gasteiger partial charge < -0.3 is 15.8 Å². The lowest BCUT2D eigenvalue weighted by molar-refractivity contribution is -0.126. The molecule has 1 amide bonds. The second-order valence-corrected chi connectivity index (χ2v) is 9.39. The van der Waals surface area contributed by atoms with Gasteiger partial charge in [-0.15, -0.1) is 0 Å². The van der Waals surface area contributed by atoms with Crippen molar-refractivity contribution in [2.24, 2.45) is 5.73 Å². The van der Waals surface area contributed by atoms with Gasteiger partial charge in [0.15, 0.2) is 0 Å². The maximum absolute atomic E-state index is 13.0. The number of amides is 1. The average molecular weight is 396 g/mol. The molecule has 8 heteroatoms. The standard InChI is InChI=1S/C19H29N3O4S/c1-22(15-7-3-2-4-8-15)27(24,25)17-9-5-6-14(12-17)21-19(23)18-11-10-16(13-20)26-18/h5-6,9,12,15-16,18H,2-4,7-8,10-11,13,20H2,1H3,(H,21,23)/t16-,18+/m1/s1. The van der Waals surface area contributed by atoms with Crippen molar-refractivity contribution < 1.29 is 17.9 Å². The molecule has 2 fully saturated rings. The van der Waals surface area contributed by atoms with E-state index >= 15 is 0 Å². The predicted octanol–water partition coefficient (Wildman–Crippen LogP) is 2.08. The number of nitrogens with zero attached hydrogens (tertiary/aromatic N) is 1. The fraction of sp³-hybridized carbons (Fsp3) is 0.632. The Morgan fingerprint density at radius 3 is 2.63 bits per heavy atom. The number of rotatable bonds is 6. The third kappa shape index (κ3) is 4.68. The molecule has 2 aliphatic rings. The molecule has 1 saturated heterocycles. The Hall–Kier alpha value is -1.48. The van der Waals surface area contributed by atoms with Gasteiger partial charge in [-0.25, -0.2) is 8.42 Å². The summed E-state index contributed by atoms with van der Waals surface area (Å²) in [6.45, 7) is 0.394. The Morgan fingerprint density at radius 2 is 1.96 bits per heavy atom. The van der Waals surface area contributed by atoms with Crippen LogP contribution in [-0.4, -0.2) is 50.5 Å². The highest BCUT2D eigenvalue weighted by Crippen LogP contribution is 2.28. The third-order valence-corrected chi connectivity index (χ3v) is 7.44. The van der Waals surface area contributed by atoms with Crippen LogP contribution in [0, 0.1) is 0 Å². The monoisotopic (exact) mass is 395 g/mol. The summed E-state index contributed by atoms with van der Waals surface area (Å²) in [6, 6.07) is 6.47. The largest absolute Gasteiger partial charge is 0.364 e. The molecule has 1 aromatic carbocycles. The van der Waals surface area contributed by atoms with Crippen molar-refractivity contribution in [1.29, 1.82) is 0 Å². The minimum absolute atomic E-state index is 0.0436. The van der Waals surface area contributed by atoms with Gasteiger partial charge in [-0.3, -0.25) is 4.79 Å². The number of carbonyl (C=O) groups is 1. The molecule has 1 aliphatic heterocycles. The number of ether oxygens (including phenoxy) is 1. The molecule has 27 heavy (non-hydrogen) atoms. The summed E-state index contributed by atoms with van der Waals surface area (Å²) in [5, 5.41) is 2.77. The van der Waals surface area contributed by atoms with E-state index in [0.29, 0.717) is 18.7 Å². The minimum atomic E-state index is -3.59. The normalized spacial score (nSPS) is 24.3. The summed E-state index contributed by atoms with van der Waals surface area (Å²) in [6.07, 6.45) is 5.84. The lowest BCUT2D eigenvalue weighted by atomic mass is 9.96. The van der Waals surface area contributed by atoms with Crippen LogP contribution in [0.25, 0.3) is 0 Å². The molecule has 150 valence electrons. The molecule has 1 aliphatic carbocycles. The first-order valence-electron chi connectivity index (χ1n) is 9.66. The van der Waals surface area contributed by atoms with Crippen molar-refractivity contribution in [2.45, 2.75) is 68.1 Å². The molecule has 0 radical (unpaired) electrons. The molecule has 1 saturated carbocycles. The van der Waals surface area contributed by atoms with E-state index in [2.05, 4.69) is 5.32 Å². The zero-order valence-corrected chi connectivity index (χ0v) is 16.6. The molecule has 3 rings (SSSR count). The van der Waals surface area contributed by atoms with E-state index in [4.69, 9.17) is 10.5 Å². The lowest BCUT2D eigenvalue weighted by Crippen LogP contribution is -2.38. The van der Waals surface area contributed by atoms with Crippen molar-refractivity contribution in [1.82, 2.24) is 4.31 Å². The summed E-state index contributed by atoms with van der Waals surface area (Å²) in [5.41, 5.74) is 6.03. The van der Waals surface area contributed by atoms with E-state index in [1.165, 1.54) is 16.8 Å². The first kappa shape index (κ1) is 20.3. The van der Waals surface area contributed by atoms with Gasteiger partial charge in [0.2, 0.25) is 10.0 Å². The van der Waals surface area contributed by atoms with Crippen molar-refractivity contribution in [3.05, 3.63) is 24.3 Å². The van der Waals surface area contributed by atoms with Crippen LogP contribution in [0.1, 0.15) is 44.9 Å². The summed E-state index contributed by atoms with van der Waals surface area (Å²) in [5.74, 6) is -0.263. The topological polar surface area (TPSA) is 102 Å². The Kier molecular flexibility index (Phi) is 6.52. The molecule has 7 nitrogen and oxygen atoms in total. The fourth-order valence-electron chi connectivity index (χ4n) is 3.84. The molecule has 0 spiro atoms. The molecule has 0 bridgehead atoms. The number of benzene rings is 1. The van der Waals surface area contributed by atoms with E-state index in [1.807, 2.05) is 0 Å². The van der Waals surface area contributed by atoms with Gasteiger partial charge in [0, 0.05) is 25.3 Å².